The number of rotatable bonds is 2. The van der Waals surface area contributed by atoms with Crippen molar-refractivity contribution in [3.05, 3.63) is 35.4 Å². The molecule has 1 saturated heterocycles. The van der Waals surface area contributed by atoms with E-state index in [1.54, 1.807) is 6.92 Å². The SMILES string of the molecule is CC(C#N)N1CCN(C(=O)c2ccc(F)cc2F)CC1. The first-order chi connectivity index (χ1) is 9.52. The summed E-state index contributed by atoms with van der Waals surface area (Å²) in [7, 11) is 0. The number of piperazine rings is 1. The molecule has 0 radical (unpaired) electrons. The van der Waals surface area contributed by atoms with E-state index < -0.39 is 17.5 Å². The third kappa shape index (κ3) is 2.94. The largest absolute Gasteiger partial charge is 0.336 e. The number of carbonyl (C=O) groups excluding carboxylic acids is 1. The van der Waals surface area contributed by atoms with Crippen LogP contribution < -0.4 is 0 Å². The first kappa shape index (κ1) is 14.4. The minimum atomic E-state index is -0.845. The highest BCUT2D eigenvalue weighted by Gasteiger charge is 2.26. The van der Waals surface area contributed by atoms with Crippen molar-refractivity contribution in [2.45, 2.75) is 13.0 Å². The third-order valence-electron chi connectivity index (χ3n) is 3.50. The van der Waals surface area contributed by atoms with Crippen LogP contribution >= 0.6 is 0 Å². The lowest BCUT2D eigenvalue weighted by molar-refractivity contribution is 0.0611. The Hall–Kier alpha value is -2.00. The Morgan fingerprint density at radius 3 is 2.50 bits per heavy atom. The number of hydrogen-bond acceptors (Lipinski definition) is 3. The van der Waals surface area contributed by atoms with Gasteiger partial charge in [-0.1, -0.05) is 0 Å². The van der Waals surface area contributed by atoms with Crippen molar-refractivity contribution in [3.63, 3.8) is 0 Å². The highest BCUT2D eigenvalue weighted by molar-refractivity contribution is 5.94. The van der Waals surface area contributed by atoms with Crippen molar-refractivity contribution in [1.29, 1.82) is 5.26 Å². The van der Waals surface area contributed by atoms with Gasteiger partial charge < -0.3 is 4.90 Å². The fraction of sp³-hybridized carbons (Fsp3) is 0.429. The Kier molecular flexibility index (Phi) is 4.30. The molecule has 4 nitrogen and oxygen atoms in total. The molecule has 1 aromatic carbocycles. The lowest BCUT2D eigenvalue weighted by Gasteiger charge is -2.35. The Balaban J connectivity index is 2.04. The van der Waals surface area contributed by atoms with Crippen LogP contribution in [0.5, 0.6) is 0 Å². The molecule has 0 aromatic heterocycles. The van der Waals surface area contributed by atoms with E-state index in [1.807, 2.05) is 4.90 Å². The predicted molar refractivity (Wildman–Crippen MR) is 68.9 cm³/mol. The molecule has 2 rings (SSSR count). The van der Waals surface area contributed by atoms with Crippen LogP contribution in [0.2, 0.25) is 0 Å². The molecule has 1 aliphatic rings. The molecule has 0 N–H and O–H groups in total. The number of carbonyl (C=O) groups is 1. The van der Waals surface area contributed by atoms with E-state index in [1.165, 1.54) is 4.90 Å². The van der Waals surface area contributed by atoms with Crippen LogP contribution in [0, 0.1) is 23.0 Å². The van der Waals surface area contributed by atoms with Crippen LogP contribution in [0.3, 0.4) is 0 Å². The molecule has 1 aliphatic heterocycles. The summed E-state index contributed by atoms with van der Waals surface area (Å²) in [6.45, 7) is 3.81. The number of amides is 1. The monoisotopic (exact) mass is 279 g/mol. The van der Waals surface area contributed by atoms with Crippen molar-refractivity contribution in [1.82, 2.24) is 9.80 Å². The van der Waals surface area contributed by atoms with Gasteiger partial charge in [-0.3, -0.25) is 9.69 Å². The number of nitrogens with zero attached hydrogens (tertiary/aromatic N) is 3. The number of hydrogen-bond donors (Lipinski definition) is 0. The van der Waals surface area contributed by atoms with Crippen LogP contribution in [0.1, 0.15) is 17.3 Å². The zero-order chi connectivity index (χ0) is 14.7. The molecule has 1 atom stereocenters. The summed E-state index contributed by atoms with van der Waals surface area (Å²) in [4.78, 5) is 15.6. The van der Waals surface area contributed by atoms with Gasteiger partial charge in [0, 0.05) is 32.2 Å². The number of halogens is 2. The lowest BCUT2D eigenvalue weighted by atomic mass is 10.1. The quantitative estimate of drug-likeness (QED) is 0.826. The molecule has 1 aromatic rings. The molecule has 1 amide bonds. The van der Waals surface area contributed by atoms with E-state index in [-0.39, 0.29) is 11.6 Å². The van der Waals surface area contributed by atoms with E-state index in [9.17, 15) is 13.6 Å². The lowest BCUT2D eigenvalue weighted by Crippen LogP contribution is -2.51. The second-order valence-corrected chi connectivity index (χ2v) is 4.76. The summed E-state index contributed by atoms with van der Waals surface area (Å²) >= 11 is 0. The second kappa shape index (κ2) is 5.97. The van der Waals surface area contributed by atoms with E-state index in [0.717, 1.165) is 12.1 Å². The van der Waals surface area contributed by atoms with E-state index in [2.05, 4.69) is 6.07 Å². The minimum Gasteiger partial charge on any atom is -0.336 e. The predicted octanol–water partition coefficient (Wildman–Crippen LogP) is 1.63. The first-order valence-corrected chi connectivity index (χ1v) is 6.41. The van der Waals surface area contributed by atoms with Gasteiger partial charge in [-0.05, 0) is 19.1 Å². The van der Waals surface area contributed by atoms with Gasteiger partial charge in [0.1, 0.15) is 11.6 Å². The maximum Gasteiger partial charge on any atom is 0.256 e. The van der Waals surface area contributed by atoms with Crippen molar-refractivity contribution in [2.24, 2.45) is 0 Å². The zero-order valence-electron chi connectivity index (χ0n) is 11.1. The maximum absolute atomic E-state index is 13.6. The van der Waals surface area contributed by atoms with Crippen LogP contribution in [-0.2, 0) is 0 Å². The zero-order valence-corrected chi connectivity index (χ0v) is 11.1. The fourth-order valence-electron chi connectivity index (χ4n) is 2.23. The van der Waals surface area contributed by atoms with E-state index in [0.29, 0.717) is 32.2 Å². The standard InChI is InChI=1S/C14H15F2N3O/c1-10(9-17)18-4-6-19(7-5-18)14(20)12-3-2-11(15)8-13(12)16/h2-3,8,10H,4-7H2,1H3. The average molecular weight is 279 g/mol. The summed E-state index contributed by atoms with van der Waals surface area (Å²) in [5.74, 6) is -1.98. The highest BCUT2D eigenvalue weighted by atomic mass is 19.1. The molecule has 1 fully saturated rings. The summed E-state index contributed by atoms with van der Waals surface area (Å²) in [5.41, 5.74) is -0.117. The number of nitriles is 1. The van der Waals surface area contributed by atoms with E-state index >= 15 is 0 Å². The molecule has 20 heavy (non-hydrogen) atoms. The summed E-state index contributed by atoms with van der Waals surface area (Å²) in [6.07, 6.45) is 0. The van der Waals surface area contributed by atoms with Crippen molar-refractivity contribution in [3.8, 4) is 6.07 Å². The van der Waals surface area contributed by atoms with Crippen LogP contribution in [0.4, 0.5) is 8.78 Å². The Labute approximate surface area is 116 Å². The topological polar surface area (TPSA) is 47.3 Å². The van der Waals surface area contributed by atoms with Gasteiger partial charge in [0.2, 0.25) is 0 Å². The van der Waals surface area contributed by atoms with Crippen LogP contribution in [-0.4, -0.2) is 47.9 Å². The molecule has 0 saturated carbocycles. The van der Waals surface area contributed by atoms with Gasteiger partial charge in [0.25, 0.3) is 5.91 Å². The number of benzene rings is 1. The molecule has 0 aliphatic carbocycles. The normalized spacial score (nSPS) is 17.6. The fourth-order valence-corrected chi connectivity index (χ4v) is 2.23. The van der Waals surface area contributed by atoms with Crippen molar-refractivity contribution in [2.75, 3.05) is 26.2 Å². The summed E-state index contributed by atoms with van der Waals surface area (Å²) < 4.78 is 26.4. The van der Waals surface area contributed by atoms with Gasteiger partial charge in [-0.15, -0.1) is 0 Å². The van der Waals surface area contributed by atoms with Gasteiger partial charge >= 0.3 is 0 Å². The maximum atomic E-state index is 13.6. The smallest absolute Gasteiger partial charge is 0.256 e. The van der Waals surface area contributed by atoms with Crippen LogP contribution in [0.15, 0.2) is 18.2 Å². The molecular weight excluding hydrogens is 264 g/mol. The Morgan fingerprint density at radius 1 is 1.30 bits per heavy atom. The molecule has 1 unspecified atom stereocenters. The Bertz CT molecular complexity index is 548. The van der Waals surface area contributed by atoms with Crippen LogP contribution in [0.25, 0.3) is 0 Å². The molecule has 0 spiro atoms. The van der Waals surface area contributed by atoms with Gasteiger partial charge in [-0.2, -0.15) is 5.26 Å². The highest BCUT2D eigenvalue weighted by Crippen LogP contribution is 2.14. The average Bonchev–Trinajstić information content (AvgIpc) is 2.46. The van der Waals surface area contributed by atoms with Crippen molar-refractivity contribution >= 4 is 5.91 Å². The summed E-state index contributed by atoms with van der Waals surface area (Å²) in [6, 6.07) is 4.89. The molecule has 6 heteroatoms. The molecule has 0 bridgehead atoms. The minimum absolute atomic E-state index is 0.117. The van der Waals surface area contributed by atoms with Crippen molar-refractivity contribution < 1.29 is 13.6 Å². The second-order valence-electron chi connectivity index (χ2n) is 4.76. The third-order valence-corrected chi connectivity index (χ3v) is 3.50. The summed E-state index contributed by atoms with van der Waals surface area (Å²) in [5, 5.41) is 8.85. The van der Waals surface area contributed by atoms with Gasteiger partial charge in [-0.25, -0.2) is 8.78 Å². The van der Waals surface area contributed by atoms with Gasteiger partial charge in [0.15, 0.2) is 0 Å². The first-order valence-electron chi connectivity index (χ1n) is 6.41. The molecule has 106 valence electrons. The molecule has 1 heterocycles. The molecular formula is C14H15F2N3O. The van der Waals surface area contributed by atoms with E-state index in [4.69, 9.17) is 5.26 Å². The van der Waals surface area contributed by atoms with Gasteiger partial charge in [0.05, 0.1) is 17.7 Å². The Morgan fingerprint density at radius 2 is 1.95 bits per heavy atom.